The maximum atomic E-state index is 13.1. The second-order valence-corrected chi connectivity index (χ2v) is 9.23. The molecule has 0 bridgehead atoms. The summed E-state index contributed by atoms with van der Waals surface area (Å²) in [4.78, 5) is 26.3. The molecule has 0 saturated carbocycles. The highest BCUT2D eigenvalue weighted by Crippen LogP contribution is 2.39. The highest BCUT2D eigenvalue weighted by molar-refractivity contribution is 7.17. The van der Waals surface area contributed by atoms with Crippen LogP contribution >= 0.6 is 22.9 Å². The van der Waals surface area contributed by atoms with Crippen molar-refractivity contribution in [3.05, 3.63) is 68.3 Å². The van der Waals surface area contributed by atoms with Gasteiger partial charge in [0.2, 0.25) is 0 Å². The van der Waals surface area contributed by atoms with Crippen LogP contribution in [0.25, 0.3) is 0 Å². The molecule has 30 heavy (non-hydrogen) atoms. The molecular weight excluding hydrogens is 420 g/mol. The molecule has 0 aliphatic heterocycles. The quantitative estimate of drug-likeness (QED) is 0.612. The Kier molecular flexibility index (Phi) is 5.66. The number of halogens is 1. The van der Waals surface area contributed by atoms with Crippen molar-refractivity contribution >= 4 is 39.8 Å². The summed E-state index contributed by atoms with van der Waals surface area (Å²) in [5, 5.41) is 8.08. The minimum Gasteiger partial charge on any atom is -0.365 e. The number of aromatic nitrogens is 2. The molecule has 0 unspecified atom stereocenters. The number of nitrogens with one attached hydrogen (secondary N) is 1. The number of hydrogen-bond donors (Lipinski definition) is 2. The first-order chi connectivity index (χ1) is 14.3. The van der Waals surface area contributed by atoms with Gasteiger partial charge < -0.3 is 11.1 Å². The lowest BCUT2D eigenvalue weighted by Gasteiger charge is -2.18. The van der Waals surface area contributed by atoms with Crippen LogP contribution in [0.4, 0.5) is 5.00 Å². The Morgan fingerprint density at radius 1 is 1.30 bits per heavy atom. The van der Waals surface area contributed by atoms with E-state index in [1.807, 2.05) is 30.3 Å². The molecule has 3 aromatic rings. The van der Waals surface area contributed by atoms with Gasteiger partial charge >= 0.3 is 0 Å². The number of amides is 2. The van der Waals surface area contributed by atoms with Gasteiger partial charge in [-0.25, -0.2) is 4.68 Å². The van der Waals surface area contributed by atoms with Gasteiger partial charge in [-0.2, -0.15) is 5.10 Å². The van der Waals surface area contributed by atoms with Crippen LogP contribution in [0.15, 0.2) is 30.3 Å². The lowest BCUT2D eigenvalue weighted by Crippen LogP contribution is -2.19. The molecule has 0 spiro atoms. The summed E-state index contributed by atoms with van der Waals surface area (Å²) in [5.41, 5.74) is 8.93. The molecular formula is C22H23ClN4O2S. The van der Waals surface area contributed by atoms with E-state index in [1.165, 1.54) is 11.3 Å². The van der Waals surface area contributed by atoms with E-state index in [4.69, 9.17) is 17.3 Å². The first-order valence-corrected chi connectivity index (χ1v) is 11.1. The number of aryl methyl sites for hydroxylation is 1. The smallest absolute Gasteiger partial charge is 0.261 e. The van der Waals surface area contributed by atoms with Crippen molar-refractivity contribution in [2.24, 2.45) is 11.7 Å². The lowest BCUT2D eigenvalue weighted by molar-refractivity contribution is 0.1000. The summed E-state index contributed by atoms with van der Waals surface area (Å²) in [5.74, 6) is -0.348. The molecule has 4 rings (SSSR count). The van der Waals surface area contributed by atoms with Gasteiger partial charge in [-0.05, 0) is 43.2 Å². The topological polar surface area (TPSA) is 90.0 Å². The zero-order chi connectivity index (χ0) is 21.4. The van der Waals surface area contributed by atoms with Crippen molar-refractivity contribution in [2.45, 2.75) is 39.7 Å². The van der Waals surface area contributed by atoms with Crippen LogP contribution in [0.5, 0.6) is 0 Å². The van der Waals surface area contributed by atoms with Crippen molar-refractivity contribution in [1.82, 2.24) is 9.78 Å². The SMILES string of the molecule is Cc1nn(Cc2ccccc2)c(Cl)c1C(=O)Nc1sc2c(c1C(N)=O)CC[C@H](C)C2. The number of fused-ring (bicyclic) bond motifs is 1. The number of rotatable bonds is 5. The summed E-state index contributed by atoms with van der Waals surface area (Å²) >= 11 is 7.95. The zero-order valence-electron chi connectivity index (χ0n) is 16.9. The van der Waals surface area contributed by atoms with E-state index in [1.54, 1.807) is 11.6 Å². The molecule has 1 aliphatic carbocycles. The molecule has 2 aromatic heterocycles. The van der Waals surface area contributed by atoms with Crippen LogP contribution in [0.1, 0.15) is 55.8 Å². The van der Waals surface area contributed by atoms with E-state index in [0.717, 1.165) is 35.3 Å². The van der Waals surface area contributed by atoms with Gasteiger partial charge in [0, 0.05) is 4.88 Å². The predicted octanol–water partition coefficient (Wildman–Crippen LogP) is 4.43. The first-order valence-electron chi connectivity index (χ1n) is 9.87. The van der Waals surface area contributed by atoms with Crippen molar-refractivity contribution < 1.29 is 9.59 Å². The van der Waals surface area contributed by atoms with Crippen LogP contribution in [-0.2, 0) is 19.4 Å². The van der Waals surface area contributed by atoms with Gasteiger partial charge in [0.15, 0.2) is 0 Å². The fourth-order valence-electron chi connectivity index (χ4n) is 3.94. The van der Waals surface area contributed by atoms with Crippen LogP contribution in [0, 0.1) is 12.8 Å². The van der Waals surface area contributed by atoms with Crippen LogP contribution < -0.4 is 11.1 Å². The van der Waals surface area contributed by atoms with E-state index in [-0.39, 0.29) is 11.1 Å². The molecule has 156 valence electrons. The number of nitrogens with two attached hydrogens (primary N) is 1. The molecule has 0 saturated heterocycles. The van der Waals surface area contributed by atoms with Crippen molar-refractivity contribution in [3.63, 3.8) is 0 Å². The van der Waals surface area contributed by atoms with Crippen molar-refractivity contribution in [1.29, 1.82) is 0 Å². The highest BCUT2D eigenvalue weighted by atomic mass is 35.5. The third kappa shape index (κ3) is 3.87. The molecule has 1 aromatic carbocycles. The van der Waals surface area contributed by atoms with Gasteiger partial charge in [0.25, 0.3) is 11.8 Å². The molecule has 2 amide bonds. The van der Waals surface area contributed by atoms with Gasteiger partial charge in [-0.1, -0.05) is 48.9 Å². The Balaban J connectivity index is 1.63. The summed E-state index contributed by atoms with van der Waals surface area (Å²) < 4.78 is 1.61. The molecule has 3 N–H and O–H groups in total. The molecule has 0 radical (unpaired) electrons. The Bertz CT molecular complexity index is 1120. The standard InChI is InChI=1S/C22H23ClN4O2S/c1-12-8-9-15-16(10-12)30-22(18(15)20(24)28)25-21(29)17-13(2)26-27(19(17)23)11-14-6-4-3-5-7-14/h3-7,12H,8-11H2,1-2H3,(H2,24,28)(H,25,29)/t12-/m0/s1. The van der Waals surface area contributed by atoms with E-state index in [0.29, 0.717) is 34.3 Å². The number of carbonyl (C=O) groups is 2. The Labute approximate surface area is 184 Å². The predicted molar refractivity (Wildman–Crippen MR) is 119 cm³/mol. The van der Waals surface area contributed by atoms with Gasteiger partial charge in [-0.3, -0.25) is 9.59 Å². The number of carbonyl (C=O) groups excluding carboxylic acids is 2. The van der Waals surface area contributed by atoms with Crippen molar-refractivity contribution in [3.8, 4) is 0 Å². The summed E-state index contributed by atoms with van der Waals surface area (Å²) in [6.45, 7) is 4.40. The summed E-state index contributed by atoms with van der Waals surface area (Å²) in [6.07, 6.45) is 2.70. The van der Waals surface area contributed by atoms with Crippen LogP contribution in [-0.4, -0.2) is 21.6 Å². The number of nitrogens with zero attached hydrogens (tertiary/aromatic N) is 2. The molecule has 1 aliphatic rings. The normalized spacial score (nSPS) is 15.6. The zero-order valence-corrected chi connectivity index (χ0v) is 18.4. The highest BCUT2D eigenvalue weighted by Gasteiger charge is 2.29. The second-order valence-electron chi connectivity index (χ2n) is 7.77. The molecule has 8 heteroatoms. The average molecular weight is 443 g/mol. The molecule has 0 fully saturated rings. The Hall–Kier alpha value is -2.64. The number of benzene rings is 1. The number of thiophene rings is 1. The fraction of sp³-hybridized carbons (Fsp3) is 0.318. The second kappa shape index (κ2) is 8.24. The maximum absolute atomic E-state index is 13.1. The van der Waals surface area contributed by atoms with Crippen LogP contribution in [0.2, 0.25) is 5.15 Å². The van der Waals surface area contributed by atoms with Gasteiger partial charge in [0.1, 0.15) is 10.2 Å². The number of primary amides is 1. The van der Waals surface area contributed by atoms with Crippen molar-refractivity contribution in [2.75, 3.05) is 5.32 Å². The summed E-state index contributed by atoms with van der Waals surface area (Å²) in [7, 11) is 0. The van der Waals surface area contributed by atoms with E-state index in [2.05, 4.69) is 17.3 Å². The molecule has 1 atom stereocenters. The van der Waals surface area contributed by atoms with Crippen LogP contribution in [0.3, 0.4) is 0 Å². The molecule has 2 heterocycles. The maximum Gasteiger partial charge on any atom is 0.261 e. The first kappa shape index (κ1) is 20.6. The fourth-order valence-corrected chi connectivity index (χ4v) is 5.67. The lowest BCUT2D eigenvalue weighted by atomic mass is 9.88. The Morgan fingerprint density at radius 3 is 2.73 bits per heavy atom. The van der Waals surface area contributed by atoms with E-state index < -0.39 is 5.91 Å². The third-order valence-electron chi connectivity index (χ3n) is 5.45. The average Bonchev–Trinajstić information content (AvgIpc) is 3.18. The third-order valence-corrected chi connectivity index (χ3v) is 7.01. The van der Waals surface area contributed by atoms with Gasteiger partial charge in [0.05, 0.1) is 23.4 Å². The van der Waals surface area contributed by atoms with E-state index >= 15 is 0 Å². The monoisotopic (exact) mass is 442 g/mol. The largest absolute Gasteiger partial charge is 0.365 e. The number of anilines is 1. The molecule has 6 nitrogen and oxygen atoms in total. The summed E-state index contributed by atoms with van der Waals surface area (Å²) in [6, 6.07) is 9.78. The number of hydrogen-bond acceptors (Lipinski definition) is 4. The Morgan fingerprint density at radius 2 is 2.03 bits per heavy atom. The van der Waals surface area contributed by atoms with Gasteiger partial charge in [-0.15, -0.1) is 11.3 Å². The minimum absolute atomic E-state index is 0.268. The van der Waals surface area contributed by atoms with E-state index in [9.17, 15) is 9.59 Å². The minimum atomic E-state index is -0.514.